The molecule has 1 fully saturated rings. The number of carbonyl (C=O) groups is 1. The van der Waals surface area contributed by atoms with Crippen molar-refractivity contribution in [1.29, 1.82) is 5.26 Å². The molecule has 0 spiro atoms. The third-order valence-electron chi connectivity index (χ3n) is 4.57. The third-order valence-corrected chi connectivity index (χ3v) is 4.57. The summed E-state index contributed by atoms with van der Waals surface area (Å²) in [5.41, 5.74) is 2.07. The topological polar surface area (TPSA) is 91.1 Å². The van der Waals surface area contributed by atoms with Crippen LogP contribution in [0.25, 0.3) is 11.0 Å². The minimum absolute atomic E-state index is 0.153. The molecule has 4 rings (SSSR count). The predicted molar refractivity (Wildman–Crippen MR) is 106 cm³/mol. The van der Waals surface area contributed by atoms with Crippen molar-refractivity contribution in [1.82, 2.24) is 9.97 Å². The first kappa shape index (κ1) is 17.7. The van der Waals surface area contributed by atoms with Crippen LogP contribution in [-0.2, 0) is 4.79 Å². The molecule has 1 aromatic heterocycles. The second kappa shape index (κ2) is 7.92. The van der Waals surface area contributed by atoms with Gasteiger partial charge >= 0.3 is 0 Å². The molecule has 0 atom stereocenters. The van der Waals surface area contributed by atoms with Crippen molar-refractivity contribution < 1.29 is 9.53 Å². The Labute approximate surface area is 162 Å². The normalized spacial score (nSPS) is 13.3. The SMILES string of the molecule is N#Cc1ccc(OCC(=O)Nc2nc3ccccc3nc2N2CCCC2)cc1. The lowest BCUT2D eigenvalue weighted by Crippen LogP contribution is -2.25. The molecule has 1 amide bonds. The van der Waals surface area contributed by atoms with Crippen molar-refractivity contribution in [2.24, 2.45) is 0 Å². The van der Waals surface area contributed by atoms with Gasteiger partial charge in [-0.3, -0.25) is 4.79 Å². The van der Waals surface area contributed by atoms with Crippen LogP contribution in [0.2, 0.25) is 0 Å². The van der Waals surface area contributed by atoms with E-state index < -0.39 is 0 Å². The monoisotopic (exact) mass is 373 g/mol. The second-order valence-electron chi connectivity index (χ2n) is 6.55. The average molecular weight is 373 g/mol. The lowest BCUT2D eigenvalue weighted by atomic mass is 10.2. The Morgan fingerprint density at radius 2 is 1.75 bits per heavy atom. The van der Waals surface area contributed by atoms with E-state index in [4.69, 9.17) is 15.0 Å². The number of carbonyl (C=O) groups excluding carboxylic acids is 1. The number of benzene rings is 2. The van der Waals surface area contributed by atoms with E-state index >= 15 is 0 Å². The zero-order valence-corrected chi connectivity index (χ0v) is 15.3. The van der Waals surface area contributed by atoms with Gasteiger partial charge in [0, 0.05) is 13.1 Å². The number of hydrogen-bond acceptors (Lipinski definition) is 6. The fourth-order valence-electron chi connectivity index (χ4n) is 3.17. The molecule has 2 heterocycles. The number of anilines is 2. The zero-order valence-electron chi connectivity index (χ0n) is 15.3. The summed E-state index contributed by atoms with van der Waals surface area (Å²) in [6.45, 7) is 1.65. The van der Waals surface area contributed by atoms with Crippen molar-refractivity contribution in [3.05, 3.63) is 54.1 Å². The highest BCUT2D eigenvalue weighted by Crippen LogP contribution is 2.27. The maximum atomic E-state index is 12.4. The molecule has 0 aliphatic carbocycles. The molecule has 0 radical (unpaired) electrons. The van der Waals surface area contributed by atoms with Gasteiger partial charge in [-0.25, -0.2) is 9.97 Å². The lowest BCUT2D eigenvalue weighted by molar-refractivity contribution is -0.118. The van der Waals surface area contributed by atoms with Gasteiger partial charge in [0.2, 0.25) is 0 Å². The van der Waals surface area contributed by atoms with Gasteiger partial charge in [-0.2, -0.15) is 5.26 Å². The Bertz CT molecular complexity index is 1040. The number of rotatable bonds is 5. The Balaban J connectivity index is 1.51. The van der Waals surface area contributed by atoms with Gasteiger partial charge in [0.05, 0.1) is 22.7 Å². The van der Waals surface area contributed by atoms with Gasteiger partial charge in [-0.1, -0.05) is 12.1 Å². The molecule has 1 aliphatic heterocycles. The first-order chi connectivity index (χ1) is 13.7. The van der Waals surface area contributed by atoms with Crippen molar-refractivity contribution >= 4 is 28.6 Å². The van der Waals surface area contributed by atoms with E-state index in [2.05, 4.69) is 15.2 Å². The molecular formula is C21H19N5O2. The zero-order chi connectivity index (χ0) is 19.3. The Kier molecular flexibility index (Phi) is 5.02. The van der Waals surface area contributed by atoms with Crippen LogP contribution in [0.4, 0.5) is 11.6 Å². The molecule has 0 bridgehead atoms. The predicted octanol–water partition coefficient (Wildman–Crippen LogP) is 3.12. The molecule has 0 saturated carbocycles. The Hall–Kier alpha value is -3.66. The second-order valence-corrected chi connectivity index (χ2v) is 6.55. The number of ether oxygens (including phenoxy) is 1. The fraction of sp³-hybridized carbons (Fsp3) is 0.238. The Morgan fingerprint density at radius 3 is 2.43 bits per heavy atom. The number of para-hydroxylation sites is 2. The summed E-state index contributed by atoms with van der Waals surface area (Å²) in [5.74, 6) is 1.37. The van der Waals surface area contributed by atoms with E-state index in [1.165, 1.54) is 0 Å². The van der Waals surface area contributed by atoms with Crippen LogP contribution < -0.4 is 15.0 Å². The highest BCUT2D eigenvalue weighted by atomic mass is 16.5. The smallest absolute Gasteiger partial charge is 0.263 e. The van der Waals surface area contributed by atoms with Crippen molar-refractivity contribution in [3.8, 4) is 11.8 Å². The fourth-order valence-corrected chi connectivity index (χ4v) is 3.17. The first-order valence-electron chi connectivity index (χ1n) is 9.17. The summed E-state index contributed by atoms with van der Waals surface area (Å²) < 4.78 is 5.51. The number of fused-ring (bicyclic) bond motifs is 1. The maximum Gasteiger partial charge on any atom is 0.263 e. The quantitative estimate of drug-likeness (QED) is 0.739. The molecule has 7 nitrogen and oxygen atoms in total. The van der Waals surface area contributed by atoms with Crippen LogP contribution in [0.3, 0.4) is 0 Å². The third kappa shape index (κ3) is 3.86. The molecule has 0 unspecified atom stereocenters. The number of nitriles is 1. The Morgan fingerprint density at radius 1 is 1.07 bits per heavy atom. The van der Waals surface area contributed by atoms with Crippen LogP contribution in [-0.4, -0.2) is 35.6 Å². The number of aromatic nitrogens is 2. The van der Waals surface area contributed by atoms with Gasteiger partial charge < -0.3 is 15.0 Å². The largest absolute Gasteiger partial charge is 0.484 e. The van der Waals surface area contributed by atoms with E-state index in [0.29, 0.717) is 22.9 Å². The summed E-state index contributed by atoms with van der Waals surface area (Å²) in [4.78, 5) is 23.9. The van der Waals surface area contributed by atoms with E-state index in [-0.39, 0.29) is 12.5 Å². The summed E-state index contributed by atoms with van der Waals surface area (Å²) in [6.07, 6.45) is 2.20. The van der Waals surface area contributed by atoms with Crippen LogP contribution in [0, 0.1) is 11.3 Å². The molecular weight excluding hydrogens is 354 g/mol. The van der Waals surface area contributed by atoms with E-state index in [1.807, 2.05) is 30.3 Å². The molecule has 140 valence electrons. The summed E-state index contributed by atoms with van der Waals surface area (Å²) in [7, 11) is 0. The van der Waals surface area contributed by atoms with Gasteiger partial charge in [0.15, 0.2) is 18.2 Å². The van der Waals surface area contributed by atoms with E-state index in [9.17, 15) is 4.79 Å². The summed E-state index contributed by atoms with van der Waals surface area (Å²) >= 11 is 0. The highest BCUT2D eigenvalue weighted by molar-refractivity contribution is 5.95. The first-order valence-corrected chi connectivity index (χ1v) is 9.17. The minimum Gasteiger partial charge on any atom is -0.484 e. The van der Waals surface area contributed by atoms with E-state index in [0.717, 1.165) is 37.0 Å². The molecule has 7 heteroatoms. The van der Waals surface area contributed by atoms with Crippen LogP contribution >= 0.6 is 0 Å². The van der Waals surface area contributed by atoms with Crippen LogP contribution in [0.5, 0.6) is 5.75 Å². The number of hydrogen-bond donors (Lipinski definition) is 1. The summed E-state index contributed by atoms with van der Waals surface area (Å²) in [5, 5.41) is 11.7. The molecule has 2 aromatic carbocycles. The van der Waals surface area contributed by atoms with Gasteiger partial charge in [-0.05, 0) is 49.2 Å². The summed E-state index contributed by atoms with van der Waals surface area (Å²) in [6, 6.07) is 16.3. The molecule has 1 N–H and O–H groups in total. The molecule has 3 aromatic rings. The minimum atomic E-state index is -0.311. The molecule has 28 heavy (non-hydrogen) atoms. The van der Waals surface area contributed by atoms with Crippen molar-refractivity contribution in [3.63, 3.8) is 0 Å². The standard InChI is InChI=1S/C21H19N5O2/c22-13-15-7-9-16(10-8-15)28-14-19(27)25-20-21(26-11-3-4-12-26)24-18-6-2-1-5-17(18)23-20/h1-2,5-10H,3-4,11-12,14H2,(H,23,25,27). The highest BCUT2D eigenvalue weighted by Gasteiger charge is 2.20. The maximum absolute atomic E-state index is 12.4. The van der Waals surface area contributed by atoms with Crippen LogP contribution in [0.15, 0.2) is 48.5 Å². The van der Waals surface area contributed by atoms with Crippen molar-refractivity contribution in [2.45, 2.75) is 12.8 Å². The van der Waals surface area contributed by atoms with Gasteiger partial charge in [-0.15, -0.1) is 0 Å². The number of nitrogens with one attached hydrogen (secondary N) is 1. The van der Waals surface area contributed by atoms with Crippen molar-refractivity contribution in [2.75, 3.05) is 29.9 Å². The molecule has 1 saturated heterocycles. The lowest BCUT2D eigenvalue weighted by Gasteiger charge is -2.20. The average Bonchev–Trinajstić information content (AvgIpc) is 3.27. The molecule has 1 aliphatic rings. The van der Waals surface area contributed by atoms with Crippen LogP contribution in [0.1, 0.15) is 18.4 Å². The van der Waals surface area contributed by atoms with Gasteiger partial charge in [0.1, 0.15) is 5.75 Å². The van der Waals surface area contributed by atoms with E-state index in [1.54, 1.807) is 24.3 Å². The number of amides is 1. The number of nitrogens with zero attached hydrogens (tertiary/aromatic N) is 4. The van der Waals surface area contributed by atoms with Gasteiger partial charge in [0.25, 0.3) is 5.91 Å².